The molecule has 4 rings (SSSR count). The maximum absolute atomic E-state index is 13.5. The third-order valence-corrected chi connectivity index (χ3v) is 4.94. The first-order chi connectivity index (χ1) is 15.0. The molecule has 154 valence electrons. The van der Waals surface area contributed by atoms with E-state index in [4.69, 9.17) is 0 Å². The Morgan fingerprint density at radius 2 is 1.61 bits per heavy atom. The average molecular weight is 415 g/mol. The van der Waals surface area contributed by atoms with Gasteiger partial charge in [0.25, 0.3) is 0 Å². The molecule has 0 spiro atoms. The van der Waals surface area contributed by atoms with Gasteiger partial charge in [-0.25, -0.2) is 4.79 Å². The van der Waals surface area contributed by atoms with Gasteiger partial charge in [0.2, 0.25) is 0 Å². The molecule has 0 bridgehead atoms. The van der Waals surface area contributed by atoms with Gasteiger partial charge in [0.1, 0.15) is 0 Å². The predicted molar refractivity (Wildman–Crippen MR) is 113 cm³/mol. The normalized spacial score (nSPS) is 15.7. The number of amides is 2. The zero-order valence-corrected chi connectivity index (χ0v) is 16.1. The summed E-state index contributed by atoms with van der Waals surface area (Å²) in [7, 11) is 0. The first-order valence-electron chi connectivity index (χ1n) is 9.40. The largest absolute Gasteiger partial charge is 0.502 e. The Balaban J connectivity index is 1.94. The van der Waals surface area contributed by atoms with E-state index in [9.17, 15) is 24.8 Å². The van der Waals surface area contributed by atoms with Crippen LogP contribution in [0.4, 0.5) is 10.5 Å². The summed E-state index contributed by atoms with van der Waals surface area (Å²) < 4.78 is 0. The molecular formula is C23H17N3O5. The molecule has 31 heavy (non-hydrogen) atoms. The van der Waals surface area contributed by atoms with Gasteiger partial charge in [-0.2, -0.15) is 0 Å². The molecule has 8 heteroatoms. The molecule has 0 saturated carbocycles. The van der Waals surface area contributed by atoms with E-state index in [0.717, 1.165) is 6.07 Å². The van der Waals surface area contributed by atoms with Crippen LogP contribution >= 0.6 is 0 Å². The fraction of sp³-hybridized carbons (Fsp3) is 0.0435. The van der Waals surface area contributed by atoms with Crippen LogP contribution in [0, 0.1) is 10.1 Å². The summed E-state index contributed by atoms with van der Waals surface area (Å²) in [5, 5.41) is 26.5. The standard InChI is InChI=1S/C23H17N3O5/c27-18-12-11-16(13-17(18)26(30)31)21-19(22(28)15-9-5-2-6-10-15)20(24-23(29)25-21)14-7-3-1-4-8-14/h1-13,21,27H,(H2,24,25,29)/t21-/m1/s1. The molecule has 0 unspecified atom stereocenters. The zero-order chi connectivity index (χ0) is 22.0. The first-order valence-corrected chi connectivity index (χ1v) is 9.40. The van der Waals surface area contributed by atoms with Crippen LogP contribution in [-0.2, 0) is 0 Å². The monoisotopic (exact) mass is 415 g/mol. The van der Waals surface area contributed by atoms with Crippen LogP contribution < -0.4 is 10.6 Å². The zero-order valence-electron chi connectivity index (χ0n) is 16.1. The molecule has 1 aliphatic heterocycles. The van der Waals surface area contributed by atoms with E-state index in [0.29, 0.717) is 22.4 Å². The number of hydrogen-bond acceptors (Lipinski definition) is 5. The van der Waals surface area contributed by atoms with Gasteiger partial charge < -0.3 is 15.7 Å². The van der Waals surface area contributed by atoms with Crippen molar-refractivity contribution in [2.45, 2.75) is 6.04 Å². The second-order valence-corrected chi connectivity index (χ2v) is 6.89. The summed E-state index contributed by atoms with van der Waals surface area (Å²) in [5.41, 5.74) is 1.36. The molecule has 0 aliphatic carbocycles. The smallest absolute Gasteiger partial charge is 0.320 e. The molecule has 3 aromatic rings. The number of phenolic OH excluding ortho intramolecular Hbond substituents is 1. The van der Waals surface area contributed by atoms with Crippen molar-refractivity contribution in [1.29, 1.82) is 0 Å². The van der Waals surface area contributed by atoms with Gasteiger partial charge >= 0.3 is 11.7 Å². The lowest BCUT2D eigenvalue weighted by Gasteiger charge is -2.30. The van der Waals surface area contributed by atoms with Gasteiger partial charge in [-0.15, -0.1) is 0 Å². The SMILES string of the molecule is O=C1NC(c2ccccc2)=C(C(=O)c2ccccc2)[C@@H](c2ccc(O)c([N+](=O)[O-])c2)N1. The van der Waals surface area contributed by atoms with Crippen LogP contribution in [0.3, 0.4) is 0 Å². The van der Waals surface area contributed by atoms with Crippen LogP contribution in [0.15, 0.2) is 84.4 Å². The van der Waals surface area contributed by atoms with E-state index in [1.54, 1.807) is 54.6 Å². The molecule has 1 atom stereocenters. The second-order valence-electron chi connectivity index (χ2n) is 6.89. The Bertz CT molecular complexity index is 1210. The van der Waals surface area contributed by atoms with Crippen LogP contribution in [0.25, 0.3) is 5.70 Å². The van der Waals surface area contributed by atoms with Crippen LogP contribution in [0.1, 0.15) is 27.5 Å². The third kappa shape index (κ3) is 3.86. The minimum absolute atomic E-state index is 0.233. The Morgan fingerprint density at radius 3 is 2.26 bits per heavy atom. The van der Waals surface area contributed by atoms with E-state index in [-0.39, 0.29) is 11.4 Å². The highest BCUT2D eigenvalue weighted by Crippen LogP contribution is 2.36. The number of hydrogen-bond donors (Lipinski definition) is 3. The molecule has 1 aliphatic rings. The second kappa shape index (κ2) is 8.11. The lowest BCUT2D eigenvalue weighted by Crippen LogP contribution is -2.45. The molecule has 2 amide bonds. The van der Waals surface area contributed by atoms with Crippen LogP contribution in [0.5, 0.6) is 5.75 Å². The molecule has 0 radical (unpaired) electrons. The molecule has 3 N–H and O–H groups in total. The summed E-state index contributed by atoms with van der Waals surface area (Å²) in [6.07, 6.45) is 0. The number of nitrogens with zero attached hydrogens (tertiary/aromatic N) is 1. The highest BCUT2D eigenvalue weighted by atomic mass is 16.6. The van der Waals surface area contributed by atoms with E-state index in [1.807, 2.05) is 6.07 Å². The average Bonchev–Trinajstić information content (AvgIpc) is 2.79. The molecule has 1 heterocycles. The van der Waals surface area contributed by atoms with Crippen molar-refractivity contribution < 1.29 is 19.6 Å². The van der Waals surface area contributed by atoms with Crippen molar-refractivity contribution >= 4 is 23.2 Å². The van der Waals surface area contributed by atoms with E-state index >= 15 is 0 Å². The van der Waals surface area contributed by atoms with Crippen molar-refractivity contribution in [3.63, 3.8) is 0 Å². The number of benzene rings is 3. The Labute approximate surface area is 177 Å². The van der Waals surface area contributed by atoms with Gasteiger partial charge in [0.05, 0.1) is 22.2 Å². The lowest BCUT2D eigenvalue weighted by atomic mass is 9.87. The number of urea groups is 1. The maximum atomic E-state index is 13.5. The first kappa shape index (κ1) is 19.8. The number of carbonyl (C=O) groups excluding carboxylic acids is 2. The Morgan fingerprint density at radius 1 is 0.968 bits per heavy atom. The number of phenols is 1. The minimum atomic E-state index is -0.962. The number of aromatic hydroxyl groups is 1. The third-order valence-electron chi connectivity index (χ3n) is 4.94. The van der Waals surface area contributed by atoms with Crippen molar-refractivity contribution in [3.05, 3.63) is 111 Å². The van der Waals surface area contributed by atoms with E-state index in [2.05, 4.69) is 10.6 Å². The number of nitro groups is 1. The van der Waals surface area contributed by atoms with Gasteiger partial charge in [0, 0.05) is 11.6 Å². The number of Topliss-reactive ketones (excluding diaryl/α,β-unsaturated/α-hetero) is 1. The van der Waals surface area contributed by atoms with Gasteiger partial charge in [-0.05, 0) is 17.2 Å². The van der Waals surface area contributed by atoms with Crippen molar-refractivity contribution in [2.75, 3.05) is 0 Å². The number of nitrogens with one attached hydrogen (secondary N) is 2. The van der Waals surface area contributed by atoms with Crippen molar-refractivity contribution in [1.82, 2.24) is 10.6 Å². The predicted octanol–water partition coefficient (Wildman–Crippen LogP) is 3.95. The van der Waals surface area contributed by atoms with Crippen LogP contribution in [-0.4, -0.2) is 21.8 Å². The summed E-state index contributed by atoms with van der Waals surface area (Å²) in [6, 6.07) is 19.7. The molecule has 8 nitrogen and oxygen atoms in total. The van der Waals surface area contributed by atoms with Crippen molar-refractivity contribution in [2.24, 2.45) is 0 Å². The minimum Gasteiger partial charge on any atom is -0.502 e. The summed E-state index contributed by atoms with van der Waals surface area (Å²) in [6.45, 7) is 0. The number of nitro benzene ring substituents is 1. The molecule has 0 fully saturated rings. The molecule has 3 aromatic carbocycles. The molecule has 0 aromatic heterocycles. The van der Waals surface area contributed by atoms with Gasteiger partial charge in [-0.3, -0.25) is 14.9 Å². The highest BCUT2D eigenvalue weighted by molar-refractivity contribution is 6.16. The number of rotatable bonds is 5. The Hall–Kier alpha value is -4.46. The topological polar surface area (TPSA) is 122 Å². The summed E-state index contributed by atoms with van der Waals surface area (Å²) in [5.74, 6) is -0.843. The van der Waals surface area contributed by atoms with Gasteiger partial charge in [0.15, 0.2) is 11.5 Å². The van der Waals surface area contributed by atoms with E-state index in [1.165, 1.54) is 12.1 Å². The summed E-state index contributed by atoms with van der Waals surface area (Å²) in [4.78, 5) is 36.6. The van der Waals surface area contributed by atoms with Crippen molar-refractivity contribution in [3.8, 4) is 5.75 Å². The Kier molecular flexibility index (Phi) is 5.19. The number of carbonyl (C=O) groups is 2. The molecular weight excluding hydrogens is 398 g/mol. The molecule has 0 saturated heterocycles. The maximum Gasteiger partial charge on any atom is 0.320 e. The highest BCUT2D eigenvalue weighted by Gasteiger charge is 2.34. The fourth-order valence-corrected chi connectivity index (χ4v) is 3.50. The quantitative estimate of drug-likeness (QED) is 0.331. The van der Waals surface area contributed by atoms with Gasteiger partial charge in [-0.1, -0.05) is 66.7 Å². The number of ketones is 1. The summed E-state index contributed by atoms with van der Waals surface area (Å²) >= 11 is 0. The lowest BCUT2D eigenvalue weighted by molar-refractivity contribution is -0.385. The van der Waals surface area contributed by atoms with Crippen LogP contribution in [0.2, 0.25) is 0 Å². The van der Waals surface area contributed by atoms with E-state index < -0.39 is 28.4 Å². The fourth-order valence-electron chi connectivity index (χ4n) is 3.50.